The zero-order chi connectivity index (χ0) is 15.1. The second kappa shape index (κ2) is 8.37. The van der Waals surface area contributed by atoms with Gasteiger partial charge in [0.25, 0.3) is 0 Å². The van der Waals surface area contributed by atoms with Crippen molar-refractivity contribution in [3.05, 3.63) is 29.8 Å². The monoisotopic (exact) mass is 290 g/mol. The Bertz CT molecular complexity index is 413. The summed E-state index contributed by atoms with van der Waals surface area (Å²) in [5, 5.41) is 0. The summed E-state index contributed by atoms with van der Waals surface area (Å²) in [5.74, 6) is 0. The Hall–Kier alpha value is -1.10. The third-order valence-corrected chi connectivity index (χ3v) is 4.28. The van der Waals surface area contributed by atoms with Crippen LogP contribution in [-0.4, -0.2) is 69.2 Å². The molecule has 1 aliphatic rings. The lowest BCUT2D eigenvalue weighted by Crippen LogP contribution is -2.47. The van der Waals surface area contributed by atoms with E-state index in [2.05, 4.69) is 52.9 Å². The molecule has 4 heteroatoms. The number of nitrogens with zero attached hydrogens (tertiary/aromatic N) is 3. The summed E-state index contributed by atoms with van der Waals surface area (Å²) >= 11 is 0. The maximum absolute atomic E-state index is 5.70. The first-order valence-electron chi connectivity index (χ1n) is 8.11. The van der Waals surface area contributed by atoms with E-state index in [1.54, 1.807) is 0 Å². The number of anilines is 1. The third kappa shape index (κ3) is 5.30. The highest BCUT2D eigenvalue weighted by atomic mass is 15.3. The van der Waals surface area contributed by atoms with E-state index >= 15 is 0 Å². The van der Waals surface area contributed by atoms with Gasteiger partial charge in [0.2, 0.25) is 0 Å². The lowest BCUT2D eigenvalue weighted by atomic mass is 10.2. The molecule has 1 aliphatic heterocycles. The fourth-order valence-electron chi connectivity index (χ4n) is 2.81. The molecule has 2 N–H and O–H groups in total. The standard InChI is InChI=1S/C17H30N4/c1-16-5-3-6-17(15-16)21(8-4-7-18)14-13-20-11-9-19(2)10-12-20/h3,5-6,15H,4,7-14,18H2,1-2H3. The fourth-order valence-corrected chi connectivity index (χ4v) is 2.81. The van der Waals surface area contributed by atoms with Crippen molar-refractivity contribution in [3.63, 3.8) is 0 Å². The van der Waals surface area contributed by atoms with E-state index in [4.69, 9.17) is 5.73 Å². The lowest BCUT2D eigenvalue weighted by Gasteiger charge is -2.34. The molecule has 0 radical (unpaired) electrons. The minimum absolute atomic E-state index is 0.761. The van der Waals surface area contributed by atoms with Crippen molar-refractivity contribution in [2.45, 2.75) is 13.3 Å². The van der Waals surface area contributed by atoms with Gasteiger partial charge in [0, 0.05) is 51.5 Å². The molecule has 1 fully saturated rings. The molecule has 1 heterocycles. The normalized spacial score (nSPS) is 17.1. The van der Waals surface area contributed by atoms with Crippen LogP contribution in [0.15, 0.2) is 24.3 Å². The molecule has 0 spiro atoms. The first-order chi connectivity index (χ1) is 10.2. The highest BCUT2D eigenvalue weighted by Gasteiger charge is 2.15. The van der Waals surface area contributed by atoms with Crippen LogP contribution in [0.2, 0.25) is 0 Å². The zero-order valence-corrected chi connectivity index (χ0v) is 13.6. The van der Waals surface area contributed by atoms with Gasteiger partial charge in [-0.15, -0.1) is 0 Å². The van der Waals surface area contributed by atoms with Crippen LogP contribution in [0.1, 0.15) is 12.0 Å². The van der Waals surface area contributed by atoms with Crippen LogP contribution >= 0.6 is 0 Å². The van der Waals surface area contributed by atoms with Crippen LogP contribution < -0.4 is 10.6 Å². The van der Waals surface area contributed by atoms with Crippen LogP contribution in [0, 0.1) is 6.92 Å². The number of hydrogen-bond donors (Lipinski definition) is 1. The van der Waals surface area contributed by atoms with Gasteiger partial charge < -0.3 is 15.5 Å². The SMILES string of the molecule is Cc1cccc(N(CCCN)CCN2CCN(C)CC2)c1. The first-order valence-corrected chi connectivity index (χ1v) is 8.11. The van der Waals surface area contributed by atoms with Crippen molar-refractivity contribution >= 4 is 5.69 Å². The van der Waals surface area contributed by atoms with E-state index in [-0.39, 0.29) is 0 Å². The van der Waals surface area contributed by atoms with Crippen LogP contribution in [0.5, 0.6) is 0 Å². The molecule has 0 atom stereocenters. The number of aryl methyl sites for hydroxylation is 1. The van der Waals surface area contributed by atoms with Gasteiger partial charge in [-0.2, -0.15) is 0 Å². The average molecular weight is 290 g/mol. The number of nitrogens with two attached hydrogens (primary N) is 1. The number of piperazine rings is 1. The largest absolute Gasteiger partial charge is 0.370 e. The van der Waals surface area contributed by atoms with Crippen LogP contribution in [0.25, 0.3) is 0 Å². The Morgan fingerprint density at radius 2 is 1.90 bits per heavy atom. The highest BCUT2D eigenvalue weighted by Crippen LogP contribution is 2.16. The summed E-state index contributed by atoms with van der Waals surface area (Å²) in [6.07, 6.45) is 1.05. The summed E-state index contributed by atoms with van der Waals surface area (Å²) in [5.41, 5.74) is 8.35. The van der Waals surface area contributed by atoms with Gasteiger partial charge in [-0.3, -0.25) is 4.90 Å². The van der Waals surface area contributed by atoms with Gasteiger partial charge in [0.05, 0.1) is 0 Å². The number of likely N-dealkylation sites (N-methyl/N-ethyl adjacent to an activating group) is 1. The van der Waals surface area contributed by atoms with Gasteiger partial charge in [-0.25, -0.2) is 0 Å². The third-order valence-electron chi connectivity index (χ3n) is 4.28. The summed E-state index contributed by atoms with van der Waals surface area (Å²) in [4.78, 5) is 7.46. The maximum atomic E-state index is 5.70. The van der Waals surface area contributed by atoms with Gasteiger partial charge in [0.1, 0.15) is 0 Å². The number of hydrogen-bond acceptors (Lipinski definition) is 4. The molecule has 0 bridgehead atoms. The topological polar surface area (TPSA) is 35.7 Å². The van der Waals surface area contributed by atoms with Gasteiger partial charge in [-0.1, -0.05) is 12.1 Å². The smallest absolute Gasteiger partial charge is 0.0369 e. The number of benzene rings is 1. The summed E-state index contributed by atoms with van der Waals surface area (Å²) in [7, 11) is 2.21. The Morgan fingerprint density at radius 3 is 2.57 bits per heavy atom. The predicted molar refractivity (Wildman–Crippen MR) is 91.0 cm³/mol. The Morgan fingerprint density at radius 1 is 1.14 bits per heavy atom. The van der Waals surface area contributed by atoms with E-state index in [0.29, 0.717) is 0 Å². The summed E-state index contributed by atoms with van der Waals surface area (Å²) in [6.45, 7) is 11.0. The minimum atomic E-state index is 0.761. The molecule has 1 saturated heterocycles. The van der Waals surface area contributed by atoms with Crippen LogP contribution in [-0.2, 0) is 0 Å². The zero-order valence-electron chi connectivity index (χ0n) is 13.6. The first kappa shape index (κ1) is 16.3. The van der Waals surface area contributed by atoms with Crippen LogP contribution in [0.4, 0.5) is 5.69 Å². The molecule has 0 saturated carbocycles. The Balaban J connectivity index is 1.90. The van der Waals surface area contributed by atoms with Crippen molar-refractivity contribution in [1.29, 1.82) is 0 Å². The molecular weight excluding hydrogens is 260 g/mol. The molecule has 1 aromatic rings. The molecule has 0 aromatic heterocycles. The molecule has 1 aromatic carbocycles. The second-order valence-electron chi connectivity index (χ2n) is 6.11. The Kier molecular flexibility index (Phi) is 6.49. The molecular formula is C17H30N4. The summed E-state index contributed by atoms with van der Waals surface area (Å²) < 4.78 is 0. The van der Waals surface area contributed by atoms with Crippen LogP contribution in [0.3, 0.4) is 0 Å². The fraction of sp³-hybridized carbons (Fsp3) is 0.647. The number of rotatable bonds is 7. The highest BCUT2D eigenvalue weighted by molar-refractivity contribution is 5.48. The lowest BCUT2D eigenvalue weighted by molar-refractivity contribution is 0.157. The molecule has 0 amide bonds. The molecule has 2 rings (SSSR count). The van der Waals surface area contributed by atoms with E-state index in [9.17, 15) is 0 Å². The van der Waals surface area contributed by atoms with E-state index in [0.717, 1.165) is 32.6 Å². The molecule has 0 unspecified atom stereocenters. The molecule has 4 nitrogen and oxygen atoms in total. The molecule has 21 heavy (non-hydrogen) atoms. The minimum Gasteiger partial charge on any atom is -0.370 e. The molecule has 118 valence electrons. The summed E-state index contributed by atoms with van der Waals surface area (Å²) in [6, 6.07) is 8.80. The van der Waals surface area contributed by atoms with Gasteiger partial charge in [0.15, 0.2) is 0 Å². The second-order valence-corrected chi connectivity index (χ2v) is 6.11. The van der Waals surface area contributed by atoms with Crippen molar-refractivity contribution in [3.8, 4) is 0 Å². The van der Waals surface area contributed by atoms with Gasteiger partial charge in [-0.05, 0) is 44.6 Å². The van der Waals surface area contributed by atoms with E-state index in [1.165, 1.54) is 37.4 Å². The van der Waals surface area contributed by atoms with Crippen molar-refractivity contribution < 1.29 is 0 Å². The molecule has 0 aliphatic carbocycles. The predicted octanol–water partition coefficient (Wildman–Crippen LogP) is 1.40. The van der Waals surface area contributed by atoms with Gasteiger partial charge >= 0.3 is 0 Å². The van der Waals surface area contributed by atoms with Crippen molar-refractivity contribution in [2.75, 3.05) is 64.3 Å². The average Bonchev–Trinajstić information content (AvgIpc) is 2.49. The van der Waals surface area contributed by atoms with E-state index < -0.39 is 0 Å². The Labute approximate surface area is 129 Å². The quantitative estimate of drug-likeness (QED) is 0.823. The van der Waals surface area contributed by atoms with Crippen molar-refractivity contribution in [2.24, 2.45) is 5.73 Å². The van der Waals surface area contributed by atoms with Crippen molar-refractivity contribution in [1.82, 2.24) is 9.80 Å². The maximum Gasteiger partial charge on any atom is 0.0369 e. The van der Waals surface area contributed by atoms with E-state index in [1.807, 2.05) is 0 Å².